The molecule has 8 nitrogen and oxygen atoms in total. The predicted octanol–water partition coefficient (Wildman–Crippen LogP) is 4.59. The van der Waals surface area contributed by atoms with E-state index < -0.39 is 6.36 Å². The number of nitrogens with zero attached hydrogens (tertiary/aromatic N) is 4. The zero-order chi connectivity index (χ0) is 28.4. The highest BCUT2D eigenvalue weighted by atomic mass is 19.4. The van der Waals surface area contributed by atoms with Crippen LogP contribution in [0.5, 0.6) is 5.75 Å². The van der Waals surface area contributed by atoms with Gasteiger partial charge in [-0.05, 0) is 88.0 Å². The van der Waals surface area contributed by atoms with Crippen molar-refractivity contribution in [2.75, 3.05) is 33.3 Å². The number of oxime groups is 1. The van der Waals surface area contributed by atoms with Gasteiger partial charge in [0.2, 0.25) is 5.69 Å². The number of hydrogen-bond acceptors (Lipinski definition) is 6. The highest BCUT2D eigenvalue weighted by Gasteiger charge is 2.40. The number of ether oxygens (including phenoxy) is 1. The number of hydrogen-bond donors (Lipinski definition) is 0. The van der Waals surface area contributed by atoms with Gasteiger partial charge in [0.25, 0.3) is 5.91 Å². The summed E-state index contributed by atoms with van der Waals surface area (Å²) in [6, 6.07) is 7.40. The molecule has 4 rings (SSSR count). The van der Waals surface area contributed by atoms with Crippen LogP contribution in [0.1, 0.15) is 59.8 Å². The number of alkyl halides is 3. The standard InChI is InChI=1S/C28H35F3N4O4/c1-19-9-16-35(37)20(2)24(19)26(36)33-17-12-27(3,13-18-33)34-14-10-22(11-15-34)25(32-38-4)21-5-7-23(8-6-21)39-28(29,30)31/h5-9,16,22H,10-15,17-18H2,1-4H3/b32-25+. The Hall–Kier alpha value is -3.34. The van der Waals surface area contributed by atoms with Crippen molar-refractivity contribution < 1.29 is 32.3 Å². The number of pyridine rings is 1. The van der Waals surface area contributed by atoms with Crippen LogP contribution < -0.4 is 9.47 Å². The number of halogens is 3. The molecule has 3 heterocycles. The second-order valence-electron chi connectivity index (χ2n) is 10.6. The first-order valence-electron chi connectivity index (χ1n) is 13.1. The monoisotopic (exact) mass is 548 g/mol. The molecule has 0 unspecified atom stereocenters. The molecule has 0 radical (unpaired) electrons. The lowest BCUT2D eigenvalue weighted by Crippen LogP contribution is -2.57. The molecule has 0 atom stereocenters. The maximum Gasteiger partial charge on any atom is 0.573 e. The average Bonchev–Trinajstić information content (AvgIpc) is 2.90. The quantitative estimate of drug-likeness (QED) is 0.228. The molecular weight excluding hydrogens is 513 g/mol. The van der Waals surface area contributed by atoms with E-state index >= 15 is 0 Å². The summed E-state index contributed by atoms with van der Waals surface area (Å²) >= 11 is 0. The minimum atomic E-state index is -4.74. The molecule has 1 aromatic heterocycles. The van der Waals surface area contributed by atoms with E-state index in [-0.39, 0.29) is 23.1 Å². The maximum atomic E-state index is 13.3. The summed E-state index contributed by atoms with van der Waals surface area (Å²) in [5, 5.41) is 16.3. The Kier molecular flexibility index (Phi) is 8.39. The minimum absolute atomic E-state index is 0.0594. The average molecular weight is 549 g/mol. The highest BCUT2D eigenvalue weighted by Crippen LogP contribution is 2.34. The largest absolute Gasteiger partial charge is 0.618 e. The molecule has 39 heavy (non-hydrogen) atoms. The zero-order valence-electron chi connectivity index (χ0n) is 22.8. The Labute approximate surface area is 226 Å². The van der Waals surface area contributed by atoms with Gasteiger partial charge in [-0.3, -0.25) is 9.69 Å². The lowest BCUT2D eigenvalue weighted by molar-refractivity contribution is -0.612. The Morgan fingerprint density at radius 1 is 1.08 bits per heavy atom. The fraction of sp³-hybridized carbons (Fsp3) is 0.536. The van der Waals surface area contributed by atoms with Gasteiger partial charge < -0.3 is 19.7 Å². The van der Waals surface area contributed by atoms with Crippen molar-refractivity contribution in [2.45, 2.75) is 58.4 Å². The summed E-state index contributed by atoms with van der Waals surface area (Å²) in [6.07, 6.45) is -0.00810. The molecule has 11 heteroatoms. The molecule has 0 aliphatic carbocycles. The molecular formula is C28H35F3N4O4. The van der Waals surface area contributed by atoms with Crippen LogP contribution >= 0.6 is 0 Å². The highest BCUT2D eigenvalue weighted by molar-refractivity contribution is 6.02. The summed E-state index contributed by atoms with van der Waals surface area (Å²) in [5.74, 6) is -0.271. The fourth-order valence-corrected chi connectivity index (χ4v) is 5.74. The van der Waals surface area contributed by atoms with E-state index in [0.29, 0.717) is 35.6 Å². The SMILES string of the molecule is CO/N=C(\c1ccc(OC(F)(F)F)cc1)C1CCN(C2(C)CCN(C(=O)c3c(C)cc[n+]([O-])c3C)CC2)CC1. The molecule has 1 amide bonds. The minimum Gasteiger partial charge on any atom is -0.618 e. The van der Waals surface area contributed by atoms with Crippen molar-refractivity contribution in [3.63, 3.8) is 0 Å². The van der Waals surface area contributed by atoms with Crippen molar-refractivity contribution >= 4 is 11.6 Å². The van der Waals surface area contributed by atoms with Crippen LogP contribution in [0, 0.1) is 25.0 Å². The summed E-state index contributed by atoms with van der Waals surface area (Å²) in [4.78, 5) is 22.7. The van der Waals surface area contributed by atoms with Crippen LogP contribution in [0.2, 0.25) is 0 Å². The fourth-order valence-electron chi connectivity index (χ4n) is 5.74. The third-order valence-electron chi connectivity index (χ3n) is 8.11. The molecule has 0 bridgehead atoms. The number of amides is 1. The third kappa shape index (κ3) is 6.46. The second kappa shape index (κ2) is 11.4. The molecule has 0 saturated carbocycles. The number of benzene rings is 1. The molecule has 0 spiro atoms. The van der Waals surface area contributed by atoms with E-state index in [9.17, 15) is 23.2 Å². The molecule has 1 aromatic carbocycles. The third-order valence-corrected chi connectivity index (χ3v) is 8.11. The van der Waals surface area contributed by atoms with Crippen LogP contribution in [0.25, 0.3) is 0 Å². The Bertz CT molecular complexity index is 1200. The number of aromatic nitrogens is 1. The van der Waals surface area contributed by atoms with Crippen molar-refractivity contribution in [3.05, 3.63) is 64.1 Å². The molecule has 2 aromatic rings. The van der Waals surface area contributed by atoms with E-state index in [1.54, 1.807) is 25.1 Å². The van der Waals surface area contributed by atoms with E-state index in [4.69, 9.17) is 4.84 Å². The summed E-state index contributed by atoms with van der Waals surface area (Å²) < 4.78 is 42.3. The smallest absolute Gasteiger partial charge is 0.573 e. The van der Waals surface area contributed by atoms with Gasteiger partial charge in [-0.15, -0.1) is 13.2 Å². The zero-order valence-corrected chi connectivity index (χ0v) is 22.8. The molecule has 2 fully saturated rings. The number of likely N-dealkylation sites (tertiary alicyclic amines) is 2. The summed E-state index contributed by atoms with van der Waals surface area (Å²) in [7, 11) is 1.46. The van der Waals surface area contributed by atoms with Gasteiger partial charge in [0.1, 0.15) is 18.4 Å². The van der Waals surface area contributed by atoms with Gasteiger partial charge >= 0.3 is 6.36 Å². The Morgan fingerprint density at radius 2 is 1.69 bits per heavy atom. The molecule has 0 N–H and O–H groups in total. The molecule has 2 aliphatic rings. The topological polar surface area (TPSA) is 81.3 Å². The molecule has 2 saturated heterocycles. The lowest BCUT2D eigenvalue weighted by Gasteiger charge is -2.49. The number of carbonyl (C=O) groups excluding carboxylic acids is 1. The van der Waals surface area contributed by atoms with Gasteiger partial charge in [-0.1, -0.05) is 5.16 Å². The van der Waals surface area contributed by atoms with E-state index in [2.05, 4.69) is 21.7 Å². The molecule has 2 aliphatic heterocycles. The van der Waals surface area contributed by atoms with Gasteiger partial charge in [0.15, 0.2) is 6.20 Å². The first-order valence-corrected chi connectivity index (χ1v) is 13.1. The number of rotatable bonds is 6. The van der Waals surface area contributed by atoms with Crippen LogP contribution in [0.15, 0.2) is 41.7 Å². The van der Waals surface area contributed by atoms with Gasteiger partial charge in [0.05, 0.1) is 5.71 Å². The number of aryl methyl sites for hydroxylation is 1. The van der Waals surface area contributed by atoms with Gasteiger partial charge in [-0.25, -0.2) is 0 Å². The van der Waals surface area contributed by atoms with E-state index in [1.807, 2.05) is 11.8 Å². The van der Waals surface area contributed by atoms with Gasteiger partial charge in [0, 0.05) is 37.5 Å². The maximum absolute atomic E-state index is 13.3. The first kappa shape index (κ1) is 28.7. The van der Waals surface area contributed by atoms with Crippen molar-refractivity contribution in [1.82, 2.24) is 9.80 Å². The first-order chi connectivity index (χ1) is 18.4. The van der Waals surface area contributed by atoms with Crippen molar-refractivity contribution in [1.29, 1.82) is 0 Å². The Balaban J connectivity index is 1.37. The normalized spacial score (nSPS) is 19.2. The van der Waals surface area contributed by atoms with Crippen molar-refractivity contribution in [2.24, 2.45) is 11.1 Å². The van der Waals surface area contributed by atoms with E-state index in [0.717, 1.165) is 49.1 Å². The number of carbonyl (C=O) groups is 1. The second-order valence-corrected chi connectivity index (χ2v) is 10.6. The lowest BCUT2D eigenvalue weighted by atomic mass is 9.82. The molecule has 212 valence electrons. The van der Waals surface area contributed by atoms with Gasteiger partial charge in [-0.2, -0.15) is 4.73 Å². The van der Waals surface area contributed by atoms with Crippen molar-refractivity contribution in [3.8, 4) is 5.75 Å². The predicted molar refractivity (Wildman–Crippen MR) is 139 cm³/mol. The van der Waals surface area contributed by atoms with Crippen LogP contribution in [-0.4, -0.2) is 66.6 Å². The number of piperidine rings is 2. The Morgan fingerprint density at radius 3 is 2.26 bits per heavy atom. The summed E-state index contributed by atoms with van der Waals surface area (Å²) in [6.45, 7) is 8.67. The van der Waals surface area contributed by atoms with Crippen LogP contribution in [0.3, 0.4) is 0 Å². The van der Waals surface area contributed by atoms with Crippen LogP contribution in [-0.2, 0) is 4.84 Å². The summed E-state index contributed by atoms with van der Waals surface area (Å²) in [5.41, 5.74) is 3.07. The van der Waals surface area contributed by atoms with Crippen LogP contribution in [0.4, 0.5) is 13.2 Å². The van der Waals surface area contributed by atoms with E-state index in [1.165, 1.54) is 25.4 Å².